The molecule has 1 amide bonds. The summed E-state index contributed by atoms with van der Waals surface area (Å²) in [5.74, 6) is -0.551. The Morgan fingerprint density at radius 2 is 1.90 bits per heavy atom. The highest BCUT2D eigenvalue weighted by atomic mass is 19.1. The molecule has 8 heteroatoms. The molecule has 31 heavy (non-hydrogen) atoms. The summed E-state index contributed by atoms with van der Waals surface area (Å²) in [6.45, 7) is 1.49. The fourth-order valence-electron chi connectivity index (χ4n) is 3.90. The summed E-state index contributed by atoms with van der Waals surface area (Å²) in [5, 5.41) is 6.68. The number of halogens is 2. The second kappa shape index (κ2) is 9.78. The Hall–Kier alpha value is -3.13. The van der Waals surface area contributed by atoms with Crippen molar-refractivity contribution in [2.75, 3.05) is 18.4 Å². The van der Waals surface area contributed by atoms with Gasteiger partial charge >= 0.3 is 0 Å². The predicted molar refractivity (Wildman–Crippen MR) is 112 cm³/mol. The molecule has 0 radical (unpaired) electrons. The molecule has 0 aliphatic carbocycles. The van der Waals surface area contributed by atoms with E-state index in [1.807, 2.05) is 30.3 Å². The van der Waals surface area contributed by atoms with Crippen LogP contribution in [0, 0.1) is 11.6 Å². The molecule has 1 N–H and O–H groups in total. The van der Waals surface area contributed by atoms with Crippen LogP contribution in [0.4, 0.5) is 14.5 Å². The first-order valence-corrected chi connectivity index (χ1v) is 10.5. The molecule has 1 fully saturated rings. The van der Waals surface area contributed by atoms with Gasteiger partial charge in [-0.15, -0.1) is 0 Å². The molecule has 0 saturated carbocycles. The molecule has 1 saturated heterocycles. The zero-order valence-corrected chi connectivity index (χ0v) is 17.1. The summed E-state index contributed by atoms with van der Waals surface area (Å²) in [5.41, 5.74) is 1.03. The summed E-state index contributed by atoms with van der Waals surface area (Å²) >= 11 is 0. The van der Waals surface area contributed by atoms with Crippen LogP contribution in [0.5, 0.6) is 0 Å². The molecule has 3 aromatic rings. The molecule has 6 nitrogen and oxygen atoms in total. The number of carbonyl (C=O) groups is 1. The average molecular weight is 426 g/mol. The highest BCUT2D eigenvalue weighted by molar-refractivity contribution is 5.94. The standard InChI is InChI=1S/C23H24F2N4O2/c24-17-13-18(25)15-19(14-17)26-23(30)20-9-4-5-11-29(20)12-6-10-21-27-22(28-31-21)16-7-2-1-3-8-16/h1-3,7-8,13-15,20H,4-6,9-12H2,(H,26,30). The third-order valence-electron chi connectivity index (χ3n) is 5.38. The van der Waals surface area contributed by atoms with Gasteiger partial charge in [0, 0.05) is 23.7 Å². The number of aryl methyl sites for hydroxylation is 1. The Bertz CT molecular complexity index is 1010. The maximum atomic E-state index is 13.4. The molecule has 0 spiro atoms. The number of amides is 1. The molecule has 2 heterocycles. The number of benzene rings is 2. The van der Waals surface area contributed by atoms with Gasteiger partial charge in [0.1, 0.15) is 11.6 Å². The number of carbonyl (C=O) groups excluding carboxylic acids is 1. The van der Waals surface area contributed by atoms with Gasteiger partial charge in [-0.3, -0.25) is 9.69 Å². The van der Waals surface area contributed by atoms with E-state index >= 15 is 0 Å². The van der Waals surface area contributed by atoms with Crippen LogP contribution in [0.2, 0.25) is 0 Å². The zero-order valence-electron chi connectivity index (χ0n) is 17.1. The topological polar surface area (TPSA) is 71.3 Å². The number of anilines is 1. The lowest BCUT2D eigenvalue weighted by atomic mass is 10.0. The first-order valence-electron chi connectivity index (χ1n) is 10.5. The van der Waals surface area contributed by atoms with Gasteiger partial charge in [0.2, 0.25) is 17.6 Å². The Labute approximate surface area is 179 Å². The van der Waals surface area contributed by atoms with Crippen molar-refractivity contribution >= 4 is 11.6 Å². The van der Waals surface area contributed by atoms with E-state index in [9.17, 15) is 13.6 Å². The van der Waals surface area contributed by atoms with E-state index in [-0.39, 0.29) is 17.6 Å². The molecule has 1 unspecified atom stereocenters. The number of piperidine rings is 1. The van der Waals surface area contributed by atoms with E-state index in [0.29, 0.717) is 31.1 Å². The van der Waals surface area contributed by atoms with Crippen LogP contribution in [-0.2, 0) is 11.2 Å². The van der Waals surface area contributed by atoms with Crippen molar-refractivity contribution in [3.63, 3.8) is 0 Å². The van der Waals surface area contributed by atoms with Crippen molar-refractivity contribution in [2.45, 2.75) is 38.1 Å². The van der Waals surface area contributed by atoms with E-state index in [0.717, 1.165) is 49.6 Å². The lowest BCUT2D eigenvalue weighted by molar-refractivity contribution is -0.122. The van der Waals surface area contributed by atoms with Crippen molar-refractivity contribution in [3.05, 3.63) is 66.1 Å². The lowest BCUT2D eigenvalue weighted by Crippen LogP contribution is -2.47. The highest BCUT2D eigenvalue weighted by Crippen LogP contribution is 2.21. The second-order valence-electron chi connectivity index (χ2n) is 7.68. The maximum Gasteiger partial charge on any atom is 0.241 e. The van der Waals surface area contributed by atoms with Crippen LogP contribution >= 0.6 is 0 Å². The summed E-state index contributed by atoms with van der Waals surface area (Å²) in [6.07, 6.45) is 4.03. The van der Waals surface area contributed by atoms with Crippen LogP contribution < -0.4 is 5.32 Å². The second-order valence-corrected chi connectivity index (χ2v) is 7.68. The minimum atomic E-state index is -0.717. The average Bonchev–Trinajstić information content (AvgIpc) is 3.23. The fraction of sp³-hybridized carbons (Fsp3) is 0.348. The van der Waals surface area contributed by atoms with Crippen molar-refractivity contribution in [3.8, 4) is 11.4 Å². The highest BCUT2D eigenvalue weighted by Gasteiger charge is 2.28. The van der Waals surface area contributed by atoms with E-state index in [1.54, 1.807) is 0 Å². The quantitative estimate of drug-likeness (QED) is 0.605. The third-order valence-corrected chi connectivity index (χ3v) is 5.38. The Balaban J connectivity index is 1.33. The van der Waals surface area contributed by atoms with E-state index in [1.165, 1.54) is 0 Å². The first kappa shape index (κ1) is 21.1. The van der Waals surface area contributed by atoms with E-state index < -0.39 is 11.6 Å². The minimum Gasteiger partial charge on any atom is -0.339 e. The number of nitrogens with one attached hydrogen (secondary N) is 1. The Morgan fingerprint density at radius 1 is 1.13 bits per heavy atom. The van der Waals surface area contributed by atoms with Gasteiger partial charge in [-0.25, -0.2) is 8.78 Å². The molecule has 162 valence electrons. The largest absolute Gasteiger partial charge is 0.339 e. The van der Waals surface area contributed by atoms with Gasteiger partial charge < -0.3 is 9.84 Å². The summed E-state index contributed by atoms with van der Waals surface area (Å²) < 4.78 is 32.2. The van der Waals surface area contributed by atoms with Crippen molar-refractivity contribution < 1.29 is 18.1 Å². The number of hydrogen-bond acceptors (Lipinski definition) is 5. The number of aromatic nitrogens is 2. The summed E-state index contributed by atoms with van der Waals surface area (Å²) in [4.78, 5) is 19.3. The van der Waals surface area contributed by atoms with Crippen molar-refractivity contribution in [1.82, 2.24) is 15.0 Å². The molecular formula is C23H24F2N4O2. The van der Waals surface area contributed by atoms with Gasteiger partial charge in [-0.05, 0) is 44.5 Å². The Morgan fingerprint density at radius 3 is 2.68 bits per heavy atom. The lowest BCUT2D eigenvalue weighted by Gasteiger charge is -2.34. The molecule has 2 aromatic carbocycles. The van der Waals surface area contributed by atoms with Crippen LogP contribution in [0.1, 0.15) is 31.6 Å². The molecule has 1 atom stereocenters. The molecule has 1 aromatic heterocycles. The minimum absolute atomic E-state index is 0.132. The van der Waals surface area contributed by atoms with E-state index in [4.69, 9.17) is 4.52 Å². The zero-order chi connectivity index (χ0) is 21.6. The number of rotatable bonds is 7. The SMILES string of the molecule is O=C(Nc1cc(F)cc(F)c1)C1CCCCN1CCCc1nc(-c2ccccc2)no1. The van der Waals surface area contributed by atoms with Crippen LogP contribution in [-0.4, -0.2) is 40.1 Å². The smallest absolute Gasteiger partial charge is 0.241 e. The fourth-order valence-corrected chi connectivity index (χ4v) is 3.90. The van der Waals surface area contributed by atoms with Crippen molar-refractivity contribution in [2.24, 2.45) is 0 Å². The molecule has 4 rings (SSSR count). The summed E-state index contributed by atoms with van der Waals surface area (Å²) in [7, 11) is 0. The van der Waals surface area contributed by atoms with Gasteiger partial charge in [0.15, 0.2) is 0 Å². The monoisotopic (exact) mass is 426 g/mol. The predicted octanol–water partition coefficient (Wildman–Crippen LogP) is 4.44. The van der Waals surface area contributed by atoms with E-state index in [2.05, 4.69) is 20.4 Å². The van der Waals surface area contributed by atoms with Crippen LogP contribution in [0.15, 0.2) is 53.1 Å². The molecular weight excluding hydrogens is 402 g/mol. The molecule has 1 aliphatic heterocycles. The van der Waals surface area contributed by atoms with Crippen LogP contribution in [0.25, 0.3) is 11.4 Å². The number of likely N-dealkylation sites (tertiary alicyclic amines) is 1. The molecule has 1 aliphatic rings. The van der Waals surface area contributed by atoms with Gasteiger partial charge in [-0.1, -0.05) is 41.9 Å². The maximum absolute atomic E-state index is 13.4. The Kier molecular flexibility index (Phi) is 6.66. The number of nitrogens with zero attached hydrogens (tertiary/aromatic N) is 3. The first-order chi connectivity index (χ1) is 15.1. The normalized spacial score (nSPS) is 16.9. The van der Waals surface area contributed by atoms with Gasteiger partial charge in [0.25, 0.3) is 0 Å². The third kappa shape index (κ3) is 5.52. The van der Waals surface area contributed by atoms with Gasteiger partial charge in [0.05, 0.1) is 6.04 Å². The molecule has 0 bridgehead atoms. The van der Waals surface area contributed by atoms with Crippen molar-refractivity contribution in [1.29, 1.82) is 0 Å². The summed E-state index contributed by atoms with van der Waals surface area (Å²) in [6, 6.07) is 12.3. The van der Waals surface area contributed by atoms with Gasteiger partial charge in [-0.2, -0.15) is 4.98 Å². The van der Waals surface area contributed by atoms with Crippen LogP contribution in [0.3, 0.4) is 0 Å². The number of hydrogen-bond donors (Lipinski definition) is 1.